The van der Waals surface area contributed by atoms with Gasteiger partial charge < -0.3 is 15.3 Å². The quantitative estimate of drug-likeness (QED) is 0.347. The minimum absolute atomic E-state index is 0.00621. The number of carboxylic acid groups (broad SMARTS) is 1. The van der Waals surface area contributed by atoms with Crippen molar-refractivity contribution in [2.24, 2.45) is 51.2 Å². The van der Waals surface area contributed by atoms with Crippen LogP contribution in [0.25, 0.3) is 5.57 Å². The van der Waals surface area contributed by atoms with Crippen molar-refractivity contribution in [1.29, 1.82) is 0 Å². The number of nitrogens with two attached hydrogens (primary N) is 1. The molecule has 3 unspecified atom stereocenters. The highest BCUT2D eigenvalue weighted by molar-refractivity contribution is 5.73. The zero-order valence-electron chi connectivity index (χ0n) is 26.1. The SMILES string of the molecule is CC1(C)CC2C3=C(c4ccco4)CC4[C@@]5(C)Cc6c(N)n[nH]c6C(C)(C)C5CC[C@@]4(C)[C@]3(C)CC[C@@H]2[C@H](C(=O)O)C1. The lowest BCUT2D eigenvalue weighted by atomic mass is 9.33. The van der Waals surface area contributed by atoms with E-state index in [1.165, 1.54) is 29.7 Å². The molecule has 2 aromatic heterocycles. The molecule has 5 aliphatic rings. The molecule has 3 fully saturated rings. The van der Waals surface area contributed by atoms with Crippen LogP contribution in [0.2, 0.25) is 0 Å². The summed E-state index contributed by atoms with van der Waals surface area (Å²) in [5.41, 5.74) is 12.0. The maximum absolute atomic E-state index is 12.7. The molecule has 5 aliphatic carbocycles. The Morgan fingerprint density at radius 3 is 2.51 bits per heavy atom. The van der Waals surface area contributed by atoms with Crippen molar-refractivity contribution in [3.63, 3.8) is 0 Å². The molecule has 6 nitrogen and oxygen atoms in total. The summed E-state index contributed by atoms with van der Waals surface area (Å²) in [7, 11) is 0. The monoisotopic (exact) mass is 559 g/mol. The summed E-state index contributed by atoms with van der Waals surface area (Å²) in [6.45, 7) is 17.1. The smallest absolute Gasteiger partial charge is 0.306 e. The van der Waals surface area contributed by atoms with Crippen LogP contribution in [0.4, 0.5) is 5.82 Å². The number of carboxylic acids is 1. The van der Waals surface area contributed by atoms with Gasteiger partial charge in [0, 0.05) is 16.7 Å². The van der Waals surface area contributed by atoms with Crippen molar-refractivity contribution in [3.05, 3.63) is 41.0 Å². The topological polar surface area (TPSA) is 105 Å². The Balaban J connectivity index is 1.44. The van der Waals surface area contributed by atoms with Gasteiger partial charge in [0.15, 0.2) is 0 Å². The van der Waals surface area contributed by atoms with Crippen LogP contribution in [0.3, 0.4) is 0 Å². The number of aromatic amines is 1. The Morgan fingerprint density at radius 1 is 1.07 bits per heavy atom. The van der Waals surface area contributed by atoms with E-state index < -0.39 is 5.97 Å². The van der Waals surface area contributed by atoms with Crippen molar-refractivity contribution in [2.75, 3.05) is 5.73 Å². The molecular formula is C35H49N3O3. The fourth-order valence-electron chi connectivity index (χ4n) is 12.1. The molecule has 0 aromatic carbocycles. The standard InChI is InChI=1S/C35H49N3O3/c1-31(2)16-21-19(22(17-31)30(39)40)10-12-35(7)27(21)20(24-9-8-14-41-24)15-26-33(5)18-23-28(37-38-29(23)36)32(3,4)25(33)11-13-34(26,35)6/h8-9,14,19,21-22,25-26H,10-13,15-18H2,1-7H3,(H,39,40)(H3,36,37,38)/t19-,21?,22+,25?,26?,33-,34+,35+/m0/s1. The van der Waals surface area contributed by atoms with Gasteiger partial charge in [-0.1, -0.05) is 54.0 Å². The highest BCUT2D eigenvalue weighted by Crippen LogP contribution is 2.76. The molecule has 41 heavy (non-hydrogen) atoms. The number of nitrogens with zero attached hydrogens (tertiary/aromatic N) is 1. The lowest BCUT2D eigenvalue weighted by Gasteiger charge is -2.70. The summed E-state index contributed by atoms with van der Waals surface area (Å²) in [4.78, 5) is 12.7. The Hall–Kier alpha value is -2.50. The van der Waals surface area contributed by atoms with Gasteiger partial charge in [0.1, 0.15) is 11.6 Å². The Labute approximate surface area is 244 Å². The van der Waals surface area contributed by atoms with E-state index in [1.54, 1.807) is 5.57 Å². The number of fused-ring (bicyclic) bond motifs is 8. The predicted molar refractivity (Wildman–Crippen MR) is 161 cm³/mol. The zero-order chi connectivity index (χ0) is 29.3. The predicted octanol–water partition coefficient (Wildman–Crippen LogP) is 7.87. The second kappa shape index (κ2) is 8.32. The third-order valence-corrected chi connectivity index (χ3v) is 13.9. The van der Waals surface area contributed by atoms with Gasteiger partial charge in [-0.2, -0.15) is 5.10 Å². The first-order chi connectivity index (χ1) is 19.1. The van der Waals surface area contributed by atoms with Gasteiger partial charge in [0.2, 0.25) is 0 Å². The number of nitrogens with one attached hydrogen (secondary N) is 1. The highest BCUT2D eigenvalue weighted by atomic mass is 16.4. The normalized spacial score (nSPS) is 42.4. The van der Waals surface area contributed by atoms with Crippen LogP contribution >= 0.6 is 0 Å². The maximum atomic E-state index is 12.7. The second-order valence-electron chi connectivity index (χ2n) is 16.7. The highest BCUT2D eigenvalue weighted by Gasteiger charge is 2.68. The molecule has 0 radical (unpaired) electrons. The third-order valence-electron chi connectivity index (χ3n) is 13.9. The Morgan fingerprint density at radius 2 is 1.83 bits per heavy atom. The van der Waals surface area contributed by atoms with Gasteiger partial charge in [0.05, 0.1) is 12.2 Å². The lowest BCUT2D eigenvalue weighted by molar-refractivity contribution is -0.161. The van der Waals surface area contributed by atoms with E-state index in [4.69, 9.17) is 10.2 Å². The van der Waals surface area contributed by atoms with E-state index in [-0.39, 0.29) is 44.8 Å². The molecule has 2 heterocycles. The Kier molecular flexibility index (Phi) is 5.55. The molecule has 2 aromatic rings. The summed E-state index contributed by atoms with van der Waals surface area (Å²) in [6, 6.07) is 4.17. The van der Waals surface area contributed by atoms with Crippen LogP contribution in [0.15, 0.2) is 28.4 Å². The number of furan rings is 1. The molecule has 0 aliphatic heterocycles. The molecule has 0 bridgehead atoms. The van der Waals surface area contributed by atoms with Crippen molar-refractivity contribution in [2.45, 2.75) is 105 Å². The fourth-order valence-corrected chi connectivity index (χ4v) is 12.1. The van der Waals surface area contributed by atoms with Crippen molar-refractivity contribution >= 4 is 17.4 Å². The molecule has 4 N–H and O–H groups in total. The molecule has 0 amide bonds. The number of H-pyrrole nitrogens is 1. The number of hydrogen-bond acceptors (Lipinski definition) is 4. The summed E-state index contributed by atoms with van der Waals surface area (Å²) < 4.78 is 6.25. The van der Waals surface area contributed by atoms with E-state index in [0.717, 1.165) is 44.3 Å². The van der Waals surface area contributed by atoms with Gasteiger partial charge >= 0.3 is 5.97 Å². The number of aromatic nitrogens is 2. The average Bonchev–Trinajstić information content (AvgIpc) is 3.54. The molecule has 0 saturated heterocycles. The first-order valence-electron chi connectivity index (χ1n) is 16.0. The first-order valence-corrected chi connectivity index (χ1v) is 16.0. The van der Waals surface area contributed by atoms with Crippen LogP contribution in [0, 0.1) is 51.2 Å². The fraction of sp³-hybridized carbons (Fsp3) is 0.714. The van der Waals surface area contributed by atoms with E-state index in [0.29, 0.717) is 17.7 Å². The number of aliphatic carboxylic acids is 1. The summed E-state index contributed by atoms with van der Waals surface area (Å²) in [5, 5.41) is 18.2. The van der Waals surface area contributed by atoms with Crippen molar-refractivity contribution in [3.8, 4) is 0 Å². The molecular weight excluding hydrogens is 510 g/mol. The molecule has 222 valence electrons. The van der Waals surface area contributed by atoms with E-state index >= 15 is 0 Å². The van der Waals surface area contributed by atoms with E-state index in [1.807, 2.05) is 12.3 Å². The number of hydrogen-bond donors (Lipinski definition) is 3. The minimum atomic E-state index is -0.609. The van der Waals surface area contributed by atoms with Gasteiger partial charge in [0.25, 0.3) is 0 Å². The van der Waals surface area contributed by atoms with E-state index in [2.05, 4.69) is 64.7 Å². The minimum Gasteiger partial charge on any atom is -0.481 e. The van der Waals surface area contributed by atoms with Gasteiger partial charge in [-0.15, -0.1) is 0 Å². The zero-order valence-corrected chi connectivity index (χ0v) is 26.1. The van der Waals surface area contributed by atoms with E-state index in [9.17, 15) is 9.90 Å². The number of carbonyl (C=O) groups is 1. The van der Waals surface area contributed by atoms with Gasteiger partial charge in [-0.25, -0.2) is 0 Å². The van der Waals surface area contributed by atoms with Crippen LogP contribution < -0.4 is 5.73 Å². The van der Waals surface area contributed by atoms with Crippen LogP contribution in [0.1, 0.15) is 110 Å². The largest absolute Gasteiger partial charge is 0.481 e. The number of rotatable bonds is 2. The second-order valence-corrected chi connectivity index (χ2v) is 16.7. The number of nitrogen functional groups attached to an aromatic ring is 1. The molecule has 7 rings (SSSR count). The number of anilines is 1. The molecule has 6 heteroatoms. The third kappa shape index (κ3) is 3.42. The maximum Gasteiger partial charge on any atom is 0.306 e. The summed E-state index contributed by atoms with van der Waals surface area (Å²) >= 11 is 0. The van der Waals surface area contributed by atoms with Gasteiger partial charge in [-0.05, 0) is 114 Å². The Bertz CT molecular complexity index is 1430. The molecule has 0 spiro atoms. The first kappa shape index (κ1) is 27.3. The summed E-state index contributed by atoms with van der Waals surface area (Å²) in [6.07, 6.45) is 9.99. The molecule has 3 saturated carbocycles. The van der Waals surface area contributed by atoms with Crippen molar-refractivity contribution in [1.82, 2.24) is 10.2 Å². The van der Waals surface area contributed by atoms with Crippen LogP contribution in [-0.2, 0) is 16.6 Å². The summed E-state index contributed by atoms with van der Waals surface area (Å²) in [5.74, 6) is 2.21. The van der Waals surface area contributed by atoms with Crippen molar-refractivity contribution < 1.29 is 14.3 Å². The average molecular weight is 560 g/mol. The lowest BCUT2D eigenvalue weighted by Crippen LogP contribution is -2.64. The molecule has 8 atom stereocenters. The van der Waals surface area contributed by atoms with Crippen LogP contribution in [0.5, 0.6) is 0 Å². The van der Waals surface area contributed by atoms with Gasteiger partial charge in [-0.3, -0.25) is 9.89 Å². The van der Waals surface area contributed by atoms with Crippen LogP contribution in [-0.4, -0.2) is 21.3 Å². The number of allylic oxidation sites excluding steroid dienone is 2.